The van der Waals surface area contributed by atoms with Crippen LogP contribution in [0.15, 0.2) is 41.9 Å². The summed E-state index contributed by atoms with van der Waals surface area (Å²) in [4.78, 5) is 12.9. The van der Waals surface area contributed by atoms with Crippen LogP contribution in [0.2, 0.25) is 0 Å². The van der Waals surface area contributed by atoms with E-state index in [9.17, 15) is 0 Å². The molecule has 0 unspecified atom stereocenters. The first-order valence-electron chi connectivity index (χ1n) is 7.84. The van der Waals surface area contributed by atoms with Gasteiger partial charge in [-0.05, 0) is 41.0 Å². The molecule has 1 aromatic carbocycles. The number of hydrogen-bond acceptors (Lipinski definition) is 5. The van der Waals surface area contributed by atoms with Crippen molar-refractivity contribution < 1.29 is 4.74 Å². The number of fused-ring (bicyclic) bond motifs is 2. The number of rotatable bonds is 1. The largest absolute Gasteiger partial charge is 0.462 e. The first-order chi connectivity index (χ1) is 11.0. The summed E-state index contributed by atoms with van der Waals surface area (Å²) in [5.74, 6) is 0. The average Bonchev–Trinajstić information content (AvgIpc) is 2.88. The molecule has 5 nitrogen and oxygen atoms in total. The van der Waals surface area contributed by atoms with E-state index < -0.39 is 0 Å². The molecule has 0 fully saturated rings. The Bertz CT molecular complexity index is 785. The maximum atomic E-state index is 5.84. The van der Waals surface area contributed by atoms with E-state index in [1.54, 1.807) is 6.33 Å². The molecular formula is C18H20N4O. The Hall–Kier alpha value is -2.43. The molecule has 23 heavy (non-hydrogen) atoms. The van der Waals surface area contributed by atoms with Gasteiger partial charge in [0.15, 0.2) is 0 Å². The van der Waals surface area contributed by atoms with Gasteiger partial charge in [0.1, 0.15) is 18.5 Å². The third kappa shape index (κ3) is 2.36. The van der Waals surface area contributed by atoms with Crippen LogP contribution in [0.5, 0.6) is 0 Å². The Kier molecular flexibility index (Phi) is 2.95. The average molecular weight is 308 g/mol. The highest BCUT2D eigenvalue weighted by molar-refractivity contribution is 5.75. The maximum absolute atomic E-state index is 5.84. The van der Waals surface area contributed by atoms with Crippen molar-refractivity contribution in [2.75, 3.05) is 6.61 Å². The van der Waals surface area contributed by atoms with Crippen molar-refractivity contribution in [3.05, 3.63) is 48.0 Å². The summed E-state index contributed by atoms with van der Waals surface area (Å²) in [7, 11) is 0. The second kappa shape index (κ2) is 4.78. The molecule has 2 heterocycles. The van der Waals surface area contributed by atoms with Crippen LogP contribution < -0.4 is 5.73 Å². The van der Waals surface area contributed by atoms with Gasteiger partial charge in [0.25, 0.3) is 6.02 Å². The summed E-state index contributed by atoms with van der Waals surface area (Å²) in [6.07, 6.45) is 7.17. The maximum Gasteiger partial charge on any atom is 0.283 e. The predicted molar refractivity (Wildman–Crippen MR) is 88.8 cm³/mol. The van der Waals surface area contributed by atoms with Gasteiger partial charge in [-0.3, -0.25) is 0 Å². The molecule has 2 N–H and O–H groups in total. The van der Waals surface area contributed by atoms with Crippen LogP contribution in [0.1, 0.15) is 31.4 Å². The lowest BCUT2D eigenvalue weighted by Gasteiger charge is -2.41. The number of hydrogen-bond donors (Lipinski definition) is 1. The van der Waals surface area contributed by atoms with Gasteiger partial charge in [-0.25, -0.2) is 15.0 Å². The molecule has 4 rings (SSSR count). The van der Waals surface area contributed by atoms with Crippen LogP contribution in [0.4, 0.5) is 0 Å². The Morgan fingerprint density at radius 2 is 1.91 bits per heavy atom. The third-order valence-corrected chi connectivity index (χ3v) is 4.73. The third-order valence-electron chi connectivity index (χ3n) is 4.73. The first-order valence-corrected chi connectivity index (χ1v) is 7.84. The number of benzene rings is 1. The van der Waals surface area contributed by atoms with Gasteiger partial charge in [-0.1, -0.05) is 26.0 Å². The van der Waals surface area contributed by atoms with Crippen molar-refractivity contribution in [2.24, 2.45) is 16.1 Å². The van der Waals surface area contributed by atoms with Crippen LogP contribution in [0.25, 0.3) is 11.1 Å². The van der Waals surface area contributed by atoms with Gasteiger partial charge in [0, 0.05) is 18.0 Å². The van der Waals surface area contributed by atoms with Crippen molar-refractivity contribution in [3.63, 3.8) is 0 Å². The SMILES string of the molecule is CC1(C)Cc2ccc(-c3cncnc3)cc2[C@@]2(COC(N)=N2)C1. The van der Waals surface area contributed by atoms with E-state index >= 15 is 0 Å². The molecule has 1 spiro atoms. The summed E-state index contributed by atoms with van der Waals surface area (Å²) in [5.41, 5.74) is 10.3. The summed E-state index contributed by atoms with van der Waals surface area (Å²) in [5, 5.41) is 0. The molecule has 1 aromatic heterocycles. The lowest BCUT2D eigenvalue weighted by atomic mass is 9.65. The molecule has 2 aliphatic rings. The highest BCUT2D eigenvalue weighted by atomic mass is 16.5. The Morgan fingerprint density at radius 3 is 2.61 bits per heavy atom. The molecule has 0 saturated heterocycles. The molecule has 0 bridgehead atoms. The summed E-state index contributed by atoms with van der Waals surface area (Å²) < 4.78 is 5.54. The number of aliphatic imine (C=N–C) groups is 1. The smallest absolute Gasteiger partial charge is 0.283 e. The standard InChI is InChI=1S/C18H20N4O/c1-17(2)6-13-4-3-12(14-7-20-11-21-8-14)5-15(13)18(9-17)10-23-16(19)22-18/h3-5,7-8,11H,6,9-10H2,1-2H3,(H2,19,22)/t18-/m0/s1. The number of ether oxygens (including phenoxy) is 1. The minimum atomic E-state index is -0.368. The second-order valence-corrected chi connectivity index (χ2v) is 7.29. The van der Waals surface area contributed by atoms with Gasteiger partial charge < -0.3 is 10.5 Å². The summed E-state index contributed by atoms with van der Waals surface area (Å²) in [6.45, 7) is 5.07. The fraction of sp³-hybridized carbons (Fsp3) is 0.389. The van der Waals surface area contributed by atoms with Crippen LogP contribution in [0.3, 0.4) is 0 Å². The van der Waals surface area contributed by atoms with Crippen molar-refractivity contribution in [3.8, 4) is 11.1 Å². The Labute approximate surface area is 135 Å². The van der Waals surface area contributed by atoms with Crippen molar-refractivity contribution in [1.82, 2.24) is 9.97 Å². The lowest BCUT2D eigenvalue weighted by molar-refractivity contribution is 0.163. The fourth-order valence-corrected chi connectivity index (χ4v) is 3.95. The van der Waals surface area contributed by atoms with Crippen molar-refractivity contribution >= 4 is 6.02 Å². The molecule has 5 heteroatoms. The van der Waals surface area contributed by atoms with Gasteiger partial charge in [0.05, 0.1) is 0 Å². The molecule has 0 radical (unpaired) electrons. The van der Waals surface area contributed by atoms with E-state index in [4.69, 9.17) is 15.5 Å². The summed E-state index contributed by atoms with van der Waals surface area (Å²) >= 11 is 0. The van der Waals surface area contributed by atoms with Crippen LogP contribution in [-0.2, 0) is 16.7 Å². The molecule has 1 aliphatic heterocycles. The zero-order chi connectivity index (χ0) is 16.1. The highest BCUT2D eigenvalue weighted by Crippen LogP contribution is 2.49. The summed E-state index contributed by atoms with van der Waals surface area (Å²) in [6, 6.07) is 6.83. The van der Waals surface area contributed by atoms with Gasteiger partial charge >= 0.3 is 0 Å². The van der Waals surface area contributed by atoms with E-state index in [0.717, 1.165) is 24.0 Å². The van der Waals surface area contributed by atoms with E-state index in [1.807, 2.05) is 12.4 Å². The fourth-order valence-electron chi connectivity index (χ4n) is 3.95. The minimum absolute atomic E-state index is 0.169. The Morgan fingerprint density at radius 1 is 1.13 bits per heavy atom. The van der Waals surface area contributed by atoms with E-state index in [0.29, 0.717) is 12.6 Å². The van der Waals surface area contributed by atoms with Crippen LogP contribution in [0, 0.1) is 5.41 Å². The number of nitrogens with zero attached hydrogens (tertiary/aromatic N) is 3. The molecular weight excluding hydrogens is 288 g/mol. The topological polar surface area (TPSA) is 73.4 Å². The van der Waals surface area contributed by atoms with Crippen molar-refractivity contribution in [2.45, 2.75) is 32.2 Å². The second-order valence-electron chi connectivity index (χ2n) is 7.29. The monoisotopic (exact) mass is 308 g/mol. The number of nitrogens with two attached hydrogens (primary N) is 1. The van der Waals surface area contributed by atoms with Gasteiger partial charge in [-0.15, -0.1) is 0 Å². The molecule has 1 atom stereocenters. The zero-order valence-corrected chi connectivity index (χ0v) is 13.4. The lowest BCUT2D eigenvalue weighted by Crippen LogP contribution is -2.39. The number of aromatic nitrogens is 2. The molecule has 2 aromatic rings. The van der Waals surface area contributed by atoms with Crippen LogP contribution in [-0.4, -0.2) is 22.6 Å². The minimum Gasteiger partial charge on any atom is -0.462 e. The first kappa shape index (κ1) is 14.2. The molecule has 118 valence electrons. The molecule has 1 aliphatic carbocycles. The van der Waals surface area contributed by atoms with E-state index in [-0.39, 0.29) is 11.0 Å². The van der Waals surface area contributed by atoms with Crippen LogP contribution >= 0.6 is 0 Å². The quantitative estimate of drug-likeness (QED) is 0.879. The van der Waals surface area contributed by atoms with Crippen molar-refractivity contribution in [1.29, 1.82) is 0 Å². The highest BCUT2D eigenvalue weighted by Gasteiger charge is 2.47. The van der Waals surface area contributed by atoms with Gasteiger partial charge in [-0.2, -0.15) is 0 Å². The van der Waals surface area contributed by atoms with Gasteiger partial charge in [0.2, 0.25) is 0 Å². The predicted octanol–water partition coefficient (Wildman–Crippen LogP) is 2.66. The molecule has 0 saturated carbocycles. The zero-order valence-electron chi connectivity index (χ0n) is 13.4. The number of amidine groups is 1. The Balaban J connectivity index is 1.88. The van der Waals surface area contributed by atoms with E-state index in [1.165, 1.54) is 11.1 Å². The van der Waals surface area contributed by atoms with E-state index in [2.05, 4.69) is 42.0 Å². The molecule has 0 amide bonds. The normalized spacial score (nSPS) is 24.9.